The number of aryl methyl sites for hydroxylation is 1. The average molecular weight is 379 g/mol. The molecular weight excluding hydrogens is 356 g/mol. The van der Waals surface area contributed by atoms with Crippen molar-refractivity contribution >= 4 is 21.6 Å². The monoisotopic (exact) mass is 378 g/mol. The lowest BCUT2D eigenvalue weighted by molar-refractivity contribution is 0.330. The molecule has 2 aromatic rings. The second-order valence-electron chi connectivity index (χ2n) is 6.49. The number of nitrogens with zero attached hydrogens (tertiary/aromatic N) is 1. The zero-order chi connectivity index (χ0) is 17.9. The van der Waals surface area contributed by atoms with Crippen LogP contribution < -0.4 is 4.72 Å². The summed E-state index contributed by atoms with van der Waals surface area (Å²) in [5.41, 5.74) is 2.84. The van der Waals surface area contributed by atoms with Crippen LogP contribution in [0.5, 0.6) is 0 Å². The molecule has 0 aliphatic carbocycles. The molecule has 1 saturated heterocycles. The molecule has 2 aromatic carbocycles. The molecule has 0 atom stereocenters. The molecule has 1 aliphatic rings. The minimum Gasteiger partial charge on any atom is -0.299 e. The van der Waals surface area contributed by atoms with E-state index in [9.17, 15) is 8.42 Å². The predicted octanol–water partition coefficient (Wildman–Crippen LogP) is 3.72. The summed E-state index contributed by atoms with van der Waals surface area (Å²) in [5, 5.41) is 0.535. The van der Waals surface area contributed by atoms with Crippen LogP contribution in [0.2, 0.25) is 5.02 Å². The van der Waals surface area contributed by atoms with E-state index >= 15 is 0 Å². The lowest BCUT2D eigenvalue weighted by Gasteiger charge is -2.18. The molecule has 0 bridgehead atoms. The van der Waals surface area contributed by atoms with Gasteiger partial charge in [0.2, 0.25) is 10.0 Å². The van der Waals surface area contributed by atoms with Gasteiger partial charge in [-0.05, 0) is 67.7 Å². The van der Waals surface area contributed by atoms with Crippen molar-refractivity contribution in [3.8, 4) is 0 Å². The van der Waals surface area contributed by atoms with Crippen LogP contribution in [-0.2, 0) is 23.1 Å². The number of rotatable bonds is 6. The third-order valence-corrected chi connectivity index (χ3v) is 6.39. The van der Waals surface area contributed by atoms with Gasteiger partial charge >= 0.3 is 0 Å². The third kappa shape index (κ3) is 4.61. The maximum Gasteiger partial charge on any atom is 0.241 e. The fourth-order valence-corrected chi connectivity index (χ4v) is 4.69. The van der Waals surface area contributed by atoms with Crippen LogP contribution in [0.1, 0.15) is 29.5 Å². The van der Waals surface area contributed by atoms with Gasteiger partial charge in [-0.2, -0.15) is 0 Å². The van der Waals surface area contributed by atoms with Gasteiger partial charge in [-0.3, -0.25) is 4.90 Å². The van der Waals surface area contributed by atoms with E-state index in [0.29, 0.717) is 10.6 Å². The first-order valence-corrected chi connectivity index (χ1v) is 10.4. The van der Waals surface area contributed by atoms with Gasteiger partial charge in [0.15, 0.2) is 0 Å². The third-order valence-electron chi connectivity index (χ3n) is 4.59. The van der Waals surface area contributed by atoms with Crippen LogP contribution in [0.3, 0.4) is 0 Å². The van der Waals surface area contributed by atoms with Gasteiger partial charge in [0, 0.05) is 18.1 Å². The maximum atomic E-state index is 12.6. The fraction of sp³-hybridized carbons (Fsp3) is 0.368. The molecule has 0 spiro atoms. The Balaban J connectivity index is 1.74. The summed E-state index contributed by atoms with van der Waals surface area (Å²) >= 11 is 5.92. The standard InChI is InChI=1S/C19H23ClN2O2S/c1-15-12-18(20)8-9-19(15)25(23,24)21-13-16-6-2-3-7-17(16)14-22-10-4-5-11-22/h2-3,6-9,12,21H,4-5,10-11,13-14H2,1H3. The number of hydrogen-bond donors (Lipinski definition) is 1. The van der Waals surface area contributed by atoms with Gasteiger partial charge < -0.3 is 0 Å². The summed E-state index contributed by atoms with van der Waals surface area (Å²) in [6.45, 7) is 5.14. The Morgan fingerprint density at radius 2 is 1.76 bits per heavy atom. The van der Waals surface area contributed by atoms with Crippen LogP contribution >= 0.6 is 11.6 Å². The molecular formula is C19H23ClN2O2S. The molecule has 0 saturated carbocycles. The highest BCUT2D eigenvalue weighted by Crippen LogP contribution is 2.21. The van der Waals surface area contributed by atoms with E-state index in [1.54, 1.807) is 25.1 Å². The molecule has 1 fully saturated rings. The molecule has 1 aliphatic heterocycles. The minimum absolute atomic E-state index is 0.272. The summed E-state index contributed by atoms with van der Waals surface area (Å²) in [5.74, 6) is 0. The van der Waals surface area contributed by atoms with E-state index in [1.165, 1.54) is 18.4 Å². The van der Waals surface area contributed by atoms with Crippen molar-refractivity contribution in [1.29, 1.82) is 0 Å². The van der Waals surface area contributed by atoms with Crippen LogP contribution in [0, 0.1) is 6.92 Å². The second-order valence-corrected chi connectivity index (χ2v) is 8.66. The van der Waals surface area contributed by atoms with Crippen molar-refractivity contribution in [1.82, 2.24) is 9.62 Å². The lowest BCUT2D eigenvalue weighted by Crippen LogP contribution is -2.25. The molecule has 0 aromatic heterocycles. The van der Waals surface area contributed by atoms with E-state index in [0.717, 1.165) is 25.2 Å². The topological polar surface area (TPSA) is 49.4 Å². The molecule has 0 radical (unpaired) electrons. The molecule has 3 rings (SSSR count). The van der Waals surface area contributed by atoms with Crippen LogP contribution in [0.15, 0.2) is 47.4 Å². The maximum absolute atomic E-state index is 12.6. The summed E-state index contributed by atoms with van der Waals surface area (Å²) in [7, 11) is -3.57. The summed E-state index contributed by atoms with van der Waals surface area (Å²) in [6.07, 6.45) is 2.48. The quantitative estimate of drug-likeness (QED) is 0.833. The predicted molar refractivity (Wildman–Crippen MR) is 101 cm³/mol. The molecule has 25 heavy (non-hydrogen) atoms. The number of benzene rings is 2. The molecule has 0 amide bonds. The average Bonchev–Trinajstić information content (AvgIpc) is 3.07. The molecule has 134 valence electrons. The molecule has 1 N–H and O–H groups in total. The lowest BCUT2D eigenvalue weighted by atomic mass is 10.1. The number of likely N-dealkylation sites (tertiary alicyclic amines) is 1. The summed E-state index contributed by atoms with van der Waals surface area (Å²) in [4.78, 5) is 2.69. The normalized spacial score (nSPS) is 15.6. The van der Waals surface area contributed by atoms with Crippen molar-refractivity contribution in [2.75, 3.05) is 13.1 Å². The van der Waals surface area contributed by atoms with E-state index in [1.807, 2.05) is 18.2 Å². The van der Waals surface area contributed by atoms with E-state index in [2.05, 4.69) is 15.7 Å². The van der Waals surface area contributed by atoms with Crippen molar-refractivity contribution < 1.29 is 8.42 Å². The van der Waals surface area contributed by atoms with E-state index in [-0.39, 0.29) is 11.4 Å². The first kappa shape index (κ1) is 18.4. The van der Waals surface area contributed by atoms with Crippen molar-refractivity contribution in [3.63, 3.8) is 0 Å². The van der Waals surface area contributed by atoms with Crippen molar-refractivity contribution in [3.05, 3.63) is 64.2 Å². The SMILES string of the molecule is Cc1cc(Cl)ccc1S(=O)(=O)NCc1ccccc1CN1CCCC1. The Bertz CT molecular complexity index is 846. The molecule has 4 nitrogen and oxygen atoms in total. The fourth-order valence-electron chi connectivity index (χ4n) is 3.23. The molecule has 6 heteroatoms. The van der Waals surface area contributed by atoms with E-state index in [4.69, 9.17) is 11.6 Å². The number of sulfonamides is 1. The zero-order valence-electron chi connectivity index (χ0n) is 14.3. The summed E-state index contributed by atoms with van der Waals surface area (Å²) in [6, 6.07) is 12.8. The first-order valence-electron chi connectivity index (χ1n) is 8.51. The summed E-state index contributed by atoms with van der Waals surface area (Å²) < 4.78 is 28.0. The van der Waals surface area contributed by atoms with Crippen LogP contribution in [0.25, 0.3) is 0 Å². The Morgan fingerprint density at radius 3 is 2.44 bits per heavy atom. The first-order chi connectivity index (χ1) is 12.0. The molecule has 0 unspecified atom stereocenters. The van der Waals surface area contributed by atoms with Crippen LogP contribution in [-0.4, -0.2) is 26.4 Å². The van der Waals surface area contributed by atoms with Gasteiger partial charge in [-0.25, -0.2) is 13.1 Å². The van der Waals surface area contributed by atoms with Gasteiger partial charge in [-0.15, -0.1) is 0 Å². The molecule has 1 heterocycles. The van der Waals surface area contributed by atoms with Gasteiger partial charge in [0.25, 0.3) is 0 Å². The number of hydrogen-bond acceptors (Lipinski definition) is 3. The van der Waals surface area contributed by atoms with Crippen LogP contribution in [0.4, 0.5) is 0 Å². The Hall–Kier alpha value is -1.40. The van der Waals surface area contributed by atoms with Crippen molar-refractivity contribution in [2.45, 2.75) is 37.8 Å². The Morgan fingerprint density at radius 1 is 1.08 bits per heavy atom. The highest BCUT2D eigenvalue weighted by atomic mass is 35.5. The van der Waals surface area contributed by atoms with E-state index < -0.39 is 10.0 Å². The second kappa shape index (κ2) is 7.87. The van der Waals surface area contributed by atoms with Gasteiger partial charge in [-0.1, -0.05) is 35.9 Å². The zero-order valence-corrected chi connectivity index (χ0v) is 15.9. The minimum atomic E-state index is -3.57. The van der Waals surface area contributed by atoms with Gasteiger partial charge in [0.05, 0.1) is 4.90 Å². The van der Waals surface area contributed by atoms with Gasteiger partial charge in [0.1, 0.15) is 0 Å². The highest BCUT2D eigenvalue weighted by Gasteiger charge is 2.18. The smallest absolute Gasteiger partial charge is 0.241 e. The Labute approximate surface area is 154 Å². The largest absolute Gasteiger partial charge is 0.299 e. The number of nitrogens with one attached hydrogen (secondary N) is 1. The van der Waals surface area contributed by atoms with Crippen molar-refractivity contribution in [2.24, 2.45) is 0 Å². The number of halogens is 1. The Kier molecular flexibility index (Phi) is 5.79. The highest BCUT2D eigenvalue weighted by molar-refractivity contribution is 7.89.